The average molecular weight is 266 g/mol. The monoisotopic (exact) mass is 266 g/mol. The topological polar surface area (TPSA) is 37.3 Å². The lowest BCUT2D eigenvalue weighted by Crippen LogP contribution is -2.06. The van der Waals surface area contributed by atoms with E-state index in [4.69, 9.17) is 5.11 Å². The summed E-state index contributed by atoms with van der Waals surface area (Å²) < 4.78 is 35.6. The van der Waals surface area contributed by atoms with E-state index >= 15 is 0 Å². The normalized spacial score (nSPS) is 13.4. The number of aliphatic carboxylic acids is 1. The van der Waals surface area contributed by atoms with E-state index < -0.39 is 18.6 Å². The van der Waals surface area contributed by atoms with Crippen molar-refractivity contribution >= 4 is 5.97 Å². The van der Waals surface area contributed by atoms with Crippen molar-refractivity contribution in [2.45, 2.75) is 65.0 Å². The summed E-state index contributed by atoms with van der Waals surface area (Å²) in [7, 11) is 0. The van der Waals surface area contributed by atoms with Crippen molar-refractivity contribution in [2.24, 2.45) is 0 Å². The number of rotatable bonds is 8. The molecule has 0 aliphatic carbocycles. The molecular formula is C13H21F3O2. The molecule has 0 radical (unpaired) electrons. The van der Waals surface area contributed by atoms with Gasteiger partial charge in [-0.2, -0.15) is 13.2 Å². The fourth-order valence-corrected chi connectivity index (χ4v) is 1.80. The van der Waals surface area contributed by atoms with E-state index in [1.807, 2.05) is 6.92 Å². The summed E-state index contributed by atoms with van der Waals surface area (Å²) in [4.78, 5) is 10.8. The fourth-order valence-electron chi connectivity index (χ4n) is 1.80. The van der Waals surface area contributed by atoms with Crippen LogP contribution < -0.4 is 0 Å². The van der Waals surface area contributed by atoms with Gasteiger partial charge in [-0.15, -0.1) is 0 Å². The molecular weight excluding hydrogens is 245 g/mol. The second-order valence-electron chi connectivity index (χ2n) is 4.42. The predicted octanol–water partition coefficient (Wildman–Crippen LogP) is 4.70. The van der Waals surface area contributed by atoms with Crippen LogP contribution >= 0.6 is 0 Å². The molecule has 0 bridgehead atoms. The lowest BCUT2D eigenvalue weighted by molar-refractivity contribution is -0.136. The summed E-state index contributed by atoms with van der Waals surface area (Å²) in [5.74, 6) is -0.913. The summed E-state index contributed by atoms with van der Waals surface area (Å²) in [6, 6.07) is 0. The Labute approximate surface area is 106 Å². The first kappa shape index (κ1) is 17.0. The molecule has 0 heterocycles. The number of allylic oxidation sites excluding steroid dienone is 1. The zero-order valence-corrected chi connectivity index (χ0v) is 10.9. The second-order valence-corrected chi connectivity index (χ2v) is 4.42. The molecule has 2 nitrogen and oxygen atoms in total. The van der Waals surface area contributed by atoms with Crippen LogP contribution in [0.1, 0.15) is 58.8 Å². The van der Waals surface area contributed by atoms with Gasteiger partial charge in [-0.25, -0.2) is 4.79 Å². The Morgan fingerprint density at radius 2 is 1.67 bits per heavy atom. The lowest BCUT2D eigenvalue weighted by atomic mass is 9.99. The summed E-state index contributed by atoms with van der Waals surface area (Å²) >= 11 is 0. The van der Waals surface area contributed by atoms with Gasteiger partial charge in [0.15, 0.2) is 0 Å². The van der Waals surface area contributed by atoms with Gasteiger partial charge in [-0.1, -0.05) is 25.3 Å². The number of alkyl halides is 3. The third-order valence-electron chi connectivity index (χ3n) is 2.97. The number of unbranched alkanes of at least 4 members (excludes halogenated alkanes) is 3. The quantitative estimate of drug-likeness (QED) is 0.510. The molecule has 0 aliphatic rings. The van der Waals surface area contributed by atoms with Crippen molar-refractivity contribution in [3.63, 3.8) is 0 Å². The lowest BCUT2D eigenvalue weighted by Gasteiger charge is -2.08. The number of hydrogen-bond donors (Lipinski definition) is 1. The molecule has 106 valence electrons. The number of carbonyl (C=O) groups is 1. The number of carboxylic acid groups (broad SMARTS) is 1. The molecule has 0 amide bonds. The molecule has 0 saturated carbocycles. The highest BCUT2D eigenvalue weighted by molar-refractivity contribution is 5.86. The van der Waals surface area contributed by atoms with Gasteiger partial charge in [0, 0.05) is 12.0 Å². The Kier molecular flexibility index (Phi) is 7.71. The van der Waals surface area contributed by atoms with E-state index in [-0.39, 0.29) is 6.42 Å². The summed E-state index contributed by atoms with van der Waals surface area (Å²) in [6.45, 7) is 3.47. The zero-order chi connectivity index (χ0) is 14.2. The van der Waals surface area contributed by atoms with E-state index in [1.165, 1.54) is 0 Å². The Morgan fingerprint density at radius 1 is 1.11 bits per heavy atom. The van der Waals surface area contributed by atoms with Gasteiger partial charge in [0.05, 0.1) is 0 Å². The first-order valence-electron chi connectivity index (χ1n) is 6.26. The molecule has 5 heteroatoms. The van der Waals surface area contributed by atoms with Crippen LogP contribution in [0.4, 0.5) is 13.2 Å². The third kappa shape index (κ3) is 8.14. The zero-order valence-electron chi connectivity index (χ0n) is 10.9. The fraction of sp³-hybridized carbons (Fsp3) is 0.769. The van der Waals surface area contributed by atoms with Crippen LogP contribution in [0.5, 0.6) is 0 Å². The maximum absolute atomic E-state index is 11.9. The van der Waals surface area contributed by atoms with Gasteiger partial charge in [0.1, 0.15) is 0 Å². The van der Waals surface area contributed by atoms with Crippen molar-refractivity contribution in [2.75, 3.05) is 0 Å². The smallest absolute Gasteiger partial charge is 0.389 e. The van der Waals surface area contributed by atoms with Crippen LogP contribution in [0.15, 0.2) is 11.1 Å². The van der Waals surface area contributed by atoms with Crippen LogP contribution in [0.2, 0.25) is 0 Å². The van der Waals surface area contributed by atoms with Crippen LogP contribution in [0, 0.1) is 0 Å². The Balaban J connectivity index is 3.84. The van der Waals surface area contributed by atoms with Crippen molar-refractivity contribution in [3.05, 3.63) is 11.1 Å². The summed E-state index contributed by atoms with van der Waals surface area (Å²) in [6.07, 6.45) is -1.26. The SMILES string of the molecule is CCC(CCCCCCC(F)(F)F)=C(C)C(=O)O. The standard InChI is InChI=1S/C13H21F3O2/c1-3-11(10(2)12(17)18)8-6-4-5-7-9-13(14,15)16/h3-9H2,1-2H3,(H,17,18). The predicted molar refractivity (Wildman–Crippen MR) is 64.4 cm³/mol. The van der Waals surface area contributed by atoms with Gasteiger partial charge in [0.25, 0.3) is 0 Å². The third-order valence-corrected chi connectivity index (χ3v) is 2.97. The molecule has 0 fully saturated rings. The number of halogens is 3. The molecule has 0 rings (SSSR count). The molecule has 0 saturated heterocycles. The highest BCUT2D eigenvalue weighted by Crippen LogP contribution is 2.24. The van der Waals surface area contributed by atoms with Crippen molar-refractivity contribution in [1.82, 2.24) is 0 Å². The molecule has 0 aromatic heterocycles. The van der Waals surface area contributed by atoms with Gasteiger partial charge in [-0.3, -0.25) is 0 Å². The molecule has 1 N–H and O–H groups in total. The minimum absolute atomic E-state index is 0.159. The van der Waals surface area contributed by atoms with Gasteiger partial charge in [-0.05, 0) is 32.6 Å². The molecule has 0 aromatic rings. The van der Waals surface area contributed by atoms with E-state index in [0.717, 1.165) is 12.0 Å². The van der Waals surface area contributed by atoms with E-state index in [0.29, 0.717) is 31.3 Å². The maximum atomic E-state index is 11.9. The summed E-state index contributed by atoms with van der Waals surface area (Å²) in [5.41, 5.74) is 1.26. The Hall–Kier alpha value is -1.00. The van der Waals surface area contributed by atoms with Crippen molar-refractivity contribution in [1.29, 1.82) is 0 Å². The summed E-state index contributed by atoms with van der Waals surface area (Å²) in [5, 5.41) is 8.83. The average Bonchev–Trinajstić information content (AvgIpc) is 2.25. The Morgan fingerprint density at radius 3 is 2.11 bits per heavy atom. The van der Waals surface area contributed by atoms with Crippen LogP contribution in [-0.4, -0.2) is 17.3 Å². The van der Waals surface area contributed by atoms with Crippen molar-refractivity contribution < 1.29 is 23.1 Å². The van der Waals surface area contributed by atoms with Crippen LogP contribution in [-0.2, 0) is 4.79 Å². The maximum Gasteiger partial charge on any atom is 0.389 e. The number of carboxylic acids is 1. The van der Waals surface area contributed by atoms with Gasteiger partial charge >= 0.3 is 12.1 Å². The van der Waals surface area contributed by atoms with E-state index in [1.54, 1.807) is 6.92 Å². The minimum Gasteiger partial charge on any atom is -0.478 e. The molecule has 0 unspecified atom stereocenters. The van der Waals surface area contributed by atoms with Gasteiger partial charge in [0.2, 0.25) is 0 Å². The first-order valence-corrected chi connectivity index (χ1v) is 6.26. The van der Waals surface area contributed by atoms with Gasteiger partial charge < -0.3 is 5.11 Å². The molecule has 0 aromatic carbocycles. The first-order chi connectivity index (χ1) is 8.28. The molecule has 0 aliphatic heterocycles. The number of hydrogen-bond acceptors (Lipinski definition) is 1. The van der Waals surface area contributed by atoms with Crippen LogP contribution in [0.3, 0.4) is 0 Å². The minimum atomic E-state index is -4.06. The highest BCUT2D eigenvalue weighted by atomic mass is 19.4. The second kappa shape index (κ2) is 8.16. The molecule has 0 atom stereocenters. The molecule has 0 spiro atoms. The Bertz CT molecular complexity index is 293. The highest BCUT2D eigenvalue weighted by Gasteiger charge is 2.25. The van der Waals surface area contributed by atoms with E-state index in [9.17, 15) is 18.0 Å². The van der Waals surface area contributed by atoms with Crippen molar-refractivity contribution in [3.8, 4) is 0 Å². The largest absolute Gasteiger partial charge is 0.478 e. The van der Waals surface area contributed by atoms with Crippen LogP contribution in [0.25, 0.3) is 0 Å². The van der Waals surface area contributed by atoms with E-state index in [2.05, 4.69) is 0 Å². The molecule has 18 heavy (non-hydrogen) atoms.